The van der Waals surface area contributed by atoms with Crippen LogP contribution in [0.15, 0.2) is 18.3 Å². The Morgan fingerprint density at radius 3 is 2.68 bits per heavy atom. The number of aliphatic hydroxyl groups excluding tert-OH is 1. The lowest BCUT2D eigenvalue weighted by molar-refractivity contribution is 0.0636. The molecule has 4 heterocycles. The van der Waals surface area contributed by atoms with Gasteiger partial charge in [-0.2, -0.15) is 5.26 Å². The number of carbonyl (C=O) groups excluding carboxylic acids is 1. The predicted molar refractivity (Wildman–Crippen MR) is 164 cm³/mol. The molecule has 6 rings (SSSR count). The molecule has 1 fully saturated rings. The third-order valence-corrected chi connectivity index (χ3v) is 9.40. The molecule has 1 saturated heterocycles. The first-order valence-electron chi connectivity index (χ1n) is 14.1. The van der Waals surface area contributed by atoms with E-state index in [1.54, 1.807) is 27.0 Å². The van der Waals surface area contributed by atoms with Crippen LogP contribution in [0.3, 0.4) is 0 Å². The maximum atomic E-state index is 16.8. The van der Waals surface area contributed by atoms with Gasteiger partial charge in [-0.3, -0.25) is 10.2 Å². The van der Waals surface area contributed by atoms with Crippen molar-refractivity contribution < 1.29 is 28.2 Å². The summed E-state index contributed by atoms with van der Waals surface area (Å²) in [5.41, 5.74) is -0.259. The number of hydrogen-bond acceptors (Lipinski definition) is 10. The van der Waals surface area contributed by atoms with Crippen LogP contribution in [0.4, 0.5) is 24.5 Å². The van der Waals surface area contributed by atoms with Gasteiger partial charge < -0.3 is 19.5 Å². The fraction of sp³-hybridized carbons (Fsp3) is 0.419. The number of carbonyl (C=O) groups is 1. The SMILES string of the molecule is CN(C)C1(CO)CCN(c2ncc3c4c(c(-c5c(F)ccc6sc(NC(=O)OC(C)(C)C)c(C#N)c56)c(F)c3n2)COC4)C1. The molecular weight excluding hydrogens is 590 g/mol. The summed E-state index contributed by atoms with van der Waals surface area (Å²) < 4.78 is 44.3. The van der Waals surface area contributed by atoms with Crippen molar-refractivity contribution in [3.8, 4) is 17.2 Å². The second-order valence-corrected chi connectivity index (χ2v) is 13.4. The highest BCUT2D eigenvalue weighted by molar-refractivity contribution is 7.23. The minimum absolute atomic E-state index is 0.00185. The molecule has 0 bridgehead atoms. The fourth-order valence-electron chi connectivity index (χ4n) is 5.98. The summed E-state index contributed by atoms with van der Waals surface area (Å²) in [6.45, 7) is 6.31. The van der Waals surface area contributed by atoms with Crippen molar-refractivity contribution >= 4 is 49.4 Å². The average Bonchev–Trinajstić information content (AvgIpc) is 3.70. The molecule has 2 N–H and O–H groups in total. The Bertz CT molecular complexity index is 1860. The number of aromatic nitrogens is 2. The van der Waals surface area contributed by atoms with E-state index in [4.69, 9.17) is 9.47 Å². The summed E-state index contributed by atoms with van der Waals surface area (Å²) in [6.07, 6.45) is 1.47. The second-order valence-electron chi connectivity index (χ2n) is 12.4. The molecule has 2 aliphatic heterocycles. The molecule has 0 radical (unpaired) electrons. The van der Waals surface area contributed by atoms with Crippen LogP contribution in [-0.4, -0.2) is 71.0 Å². The third kappa shape index (κ3) is 4.92. The fourth-order valence-corrected chi connectivity index (χ4v) is 7.03. The van der Waals surface area contributed by atoms with Gasteiger partial charge in [0.15, 0.2) is 5.82 Å². The number of nitrogens with one attached hydrogen (secondary N) is 1. The monoisotopic (exact) mass is 622 g/mol. The zero-order valence-corrected chi connectivity index (χ0v) is 25.9. The average molecular weight is 623 g/mol. The third-order valence-electron chi connectivity index (χ3n) is 8.33. The topological polar surface area (TPSA) is 124 Å². The van der Waals surface area contributed by atoms with Gasteiger partial charge in [-0.05, 0) is 64.5 Å². The Kier molecular flexibility index (Phi) is 7.44. The van der Waals surface area contributed by atoms with Crippen LogP contribution < -0.4 is 10.2 Å². The number of amides is 1. The molecular formula is C31H32F2N6O4S. The van der Waals surface area contributed by atoms with Crippen molar-refractivity contribution in [1.82, 2.24) is 14.9 Å². The summed E-state index contributed by atoms with van der Waals surface area (Å²) >= 11 is 1.08. The number of nitriles is 1. The molecule has 44 heavy (non-hydrogen) atoms. The van der Waals surface area contributed by atoms with E-state index < -0.39 is 28.9 Å². The molecule has 0 saturated carbocycles. The van der Waals surface area contributed by atoms with Gasteiger partial charge in [0.1, 0.15) is 28.0 Å². The lowest BCUT2D eigenvalue weighted by Crippen LogP contribution is -2.49. The largest absolute Gasteiger partial charge is 0.444 e. The van der Waals surface area contributed by atoms with Crippen molar-refractivity contribution in [3.05, 3.63) is 46.7 Å². The van der Waals surface area contributed by atoms with Crippen LogP contribution in [0.25, 0.3) is 32.1 Å². The van der Waals surface area contributed by atoms with Gasteiger partial charge in [0.25, 0.3) is 0 Å². The van der Waals surface area contributed by atoms with Gasteiger partial charge in [0, 0.05) is 45.9 Å². The van der Waals surface area contributed by atoms with E-state index in [0.29, 0.717) is 46.7 Å². The number of thiophene rings is 1. The Hall–Kier alpha value is -3.96. The van der Waals surface area contributed by atoms with Gasteiger partial charge in [0.2, 0.25) is 5.95 Å². The number of ether oxygens (including phenoxy) is 2. The van der Waals surface area contributed by atoms with E-state index in [0.717, 1.165) is 11.3 Å². The summed E-state index contributed by atoms with van der Waals surface area (Å²) in [7, 11) is 3.81. The number of anilines is 2. The predicted octanol–water partition coefficient (Wildman–Crippen LogP) is 5.54. The van der Waals surface area contributed by atoms with Crippen molar-refractivity contribution in [2.45, 2.75) is 51.5 Å². The standard InChI is InChI=1S/C31H32F2N6O4S/c1-30(2,3)43-29(41)37-27-16(10-34)22-21(44-27)7-6-20(32)24(22)23-19-13-42-12-18(19)17-11-35-28(36-26(17)25(23)33)39-9-8-31(14-39,15-40)38(4)5/h6-7,11,40H,8-9,12-15H2,1-5H3,(H,37,41). The minimum Gasteiger partial charge on any atom is -0.444 e. The highest BCUT2D eigenvalue weighted by Crippen LogP contribution is 2.47. The van der Waals surface area contributed by atoms with Gasteiger partial charge >= 0.3 is 6.09 Å². The zero-order valence-electron chi connectivity index (χ0n) is 25.0. The van der Waals surface area contributed by atoms with Crippen LogP contribution in [0.1, 0.15) is 43.9 Å². The van der Waals surface area contributed by atoms with Crippen molar-refractivity contribution in [1.29, 1.82) is 5.26 Å². The summed E-state index contributed by atoms with van der Waals surface area (Å²) in [5.74, 6) is -1.18. The molecule has 13 heteroatoms. The van der Waals surface area contributed by atoms with Crippen molar-refractivity contribution in [2.24, 2.45) is 0 Å². The first kappa shape index (κ1) is 30.1. The van der Waals surface area contributed by atoms with Crippen molar-refractivity contribution in [3.63, 3.8) is 0 Å². The highest BCUT2D eigenvalue weighted by Gasteiger charge is 2.41. The summed E-state index contributed by atoms with van der Waals surface area (Å²) in [5, 5.41) is 23.7. The smallest absolute Gasteiger partial charge is 0.412 e. The molecule has 0 aliphatic carbocycles. The Morgan fingerprint density at radius 1 is 1.27 bits per heavy atom. The Labute approximate surface area is 256 Å². The Balaban J connectivity index is 1.53. The number of likely N-dealkylation sites (N-methyl/N-ethyl adjacent to an activating group) is 1. The lowest BCUT2D eigenvalue weighted by Gasteiger charge is -2.34. The van der Waals surface area contributed by atoms with Crippen molar-refractivity contribution in [2.75, 3.05) is 44.0 Å². The molecule has 230 valence electrons. The molecule has 2 aliphatic rings. The van der Waals surface area contributed by atoms with E-state index in [1.807, 2.05) is 23.9 Å². The summed E-state index contributed by atoms with van der Waals surface area (Å²) in [6, 6.07) is 4.81. The molecule has 1 atom stereocenters. The van der Waals surface area contributed by atoms with E-state index in [2.05, 4.69) is 21.4 Å². The maximum Gasteiger partial charge on any atom is 0.412 e. The summed E-state index contributed by atoms with van der Waals surface area (Å²) in [4.78, 5) is 25.6. The van der Waals surface area contributed by atoms with Crippen LogP contribution in [0.2, 0.25) is 0 Å². The number of aliphatic hydroxyl groups is 1. The molecule has 1 amide bonds. The first-order chi connectivity index (χ1) is 20.9. The minimum atomic E-state index is -0.776. The second kappa shape index (κ2) is 10.9. The number of nitrogens with zero attached hydrogens (tertiary/aromatic N) is 5. The molecule has 10 nitrogen and oxygen atoms in total. The van der Waals surface area contributed by atoms with Crippen LogP contribution in [-0.2, 0) is 22.7 Å². The van der Waals surface area contributed by atoms with Crippen LogP contribution in [0.5, 0.6) is 0 Å². The van der Waals surface area contributed by atoms with E-state index in [1.165, 1.54) is 12.1 Å². The van der Waals surface area contributed by atoms with E-state index >= 15 is 8.78 Å². The normalized spacial score (nSPS) is 18.3. The van der Waals surface area contributed by atoms with Crippen LogP contribution >= 0.6 is 11.3 Å². The zero-order chi connectivity index (χ0) is 31.6. The maximum absolute atomic E-state index is 16.8. The number of fused-ring (bicyclic) bond motifs is 4. The number of hydrogen-bond donors (Lipinski definition) is 2. The molecule has 0 spiro atoms. The number of rotatable bonds is 5. The Morgan fingerprint density at radius 2 is 2.02 bits per heavy atom. The van der Waals surface area contributed by atoms with E-state index in [9.17, 15) is 15.2 Å². The number of benzene rings is 2. The van der Waals surface area contributed by atoms with E-state index in [-0.39, 0.29) is 52.4 Å². The molecule has 2 aromatic carbocycles. The lowest BCUT2D eigenvalue weighted by atomic mass is 9.90. The quantitative estimate of drug-likeness (QED) is 0.295. The van der Waals surface area contributed by atoms with Gasteiger partial charge in [0.05, 0.1) is 30.9 Å². The molecule has 2 aromatic heterocycles. The first-order valence-corrected chi connectivity index (χ1v) is 15.0. The highest BCUT2D eigenvalue weighted by atomic mass is 32.1. The van der Waals surface area contributed by atoms with Gasteiger partial charge in [-0.15, -0.1) is 11.3 Å². The number of halogens is 2. The van der Waals surface area contributed by atoms with Crippen LogP contribution in [0, 0.1) is 23.0 Å². The van der Waals surface area contributed by atoms with Gasteiger partial charge in [-0.1, -0.05) is 0 Å². The molecule has 4 aromatic rings. The molecule has 1 unspecified atom stereocenters. The van der Waals surface area contributed by atoms with Gasteiger partial charge in [-0.25, -0.2) is 23.5 Å².